The molecule has 1 saturated heterocycles. The lowest BCUT2D eigenvalue weighted by Crippen LogP contribution is -2.45. The minimum absolute atomic E-state index is 0.121. The van der Waals surface area contributed by atoms with E-state index in [-0.39, 0.29) is 5.54 Å². The highest BCUT2D eigenvalue weighted by atomic mass is 32.1. The maximum absolute atomic E-state index is 4.96. The molecule has 112 valence electrons. The number of thiazole rings is 1. The molecular formula is C16H27N3S. The monoisotopic (exact) mass is 293 g/mol. The van der Waals surface area contributed by atoms with Crippen LogP contribution >= 0.6 is 11.3 Å². The SMILES string of the molecule is CCCNC1(c2nc(C(C)C)cs2)CCN(C2CC2)C1. The van der Waals surface area contributed by atoms with Gasteiger partial charge in [-0.05, 0) is 38.1 Å². The van der Waals surface area contributed by atoms with E-state index in [1.165, 1.54) is 42.9 Å². The van der Waals surface area contributed by atoms with E-state index < -0.39 is 0 Å². The number of aromatic nitrogens is 1. The van der Waals surface area contributed by atoms with Crippen LogP contribution in [0.1, 0.15) is 63.1 Å². The first-order valence-corrected chi connectivity index (χ1v) is 8.97. The fourth-order valence-electron chi connectivity index (χ4n) is 3.12. The van der Waals surface area contributed by atoms with Crippen LogP contribution in [-0.4, -0.2) is 35.6 Å². The van der Waals surface area contributed by atoms with Crippen LogP contribution in [0.25, 0.3) is 0 Å². The Bertz CT molecular complexity index is 452. The Kier molecular flexibility index (Phi) is 4.16. The van der Waals surface area contributed by atoms with Gasteiger partial charge in [-0.2, -0.15) is 0 Å². The zero-order valence-electron chi connectivity index (χ0n) is 13.0. The second kappa shape index (κ2) is 5.74. The van der Waals surface area contributed by atoms with E-state index in [1.54, 1.807) is 0 Å². The molecule has 0 bridgehead atoms. The first kappa shape index (κ1) is 14.5. The molecule has 1 unspecified atom stereocenters. The van der Waals surface area contributed by atoms with Crippen molar-refractivity contribution < 1.29 is 0 Å². The fraction of sp³-hybridized carbons (Fsp3) is 0.812. The molecule has 1 saturated carbocycles. The van der Waals surface area contributed by atoms with Gasteiger partial charge in [-0.3, -0.25) is 4.90 Å². The maximum atomic E-state index is 4.96. The number of nitrogens with zero attached hydrogens (tertiary/aromatic N) is 2. The highest BCUT2D eigenvalue weighted by Gasteiger charge is 2.45. The van der Waals surface area contributed by atoms with Crippen molar-refractivity contribution in [2.45, 2.75) is 64.0 Å². The third kappa shape index (κ3) is 2.78. The van der Waals surface area contributed by atoms with Crippen LogP contribution in [0, 0.1) is 0 Å². The summed E-state index contributed by atoms with van der Waals surface area (Å²) in [4.78, 5) is 7.64. The molecule has 1 aliphatic carbocycles. The summed E-state index contributed by atoms with van der Waals surface area (Å²) in [6.45, 7) is 10.2. The molecule has 2 aliphatic rings. The van der Waals surface area contributed by atoms with Gasteiger partial charge in [0.1, 0.15) is 5.01 Å². The molecule has 1 aliphatic heterocycles. The average Bonchev–Trinajstić information content (AvgIpc) is 3.01. The van der Waals surface area contributed by atoms with Gasteiger partial charge in [0.25, 0.3) is 0 Å². The lowest BCUT2D eigenvalue weighted by atomic mass is 9.99. The Morgan fingerprint density at radius 1 is 1.50 bits per heavy atom. The Morgan fingerprint density at radius 3 is 2.90 bits per heavy atom. The molecule has 20 heavy (non-hydrogen) atoms. The topological polar surface area (TPSA) is 28.2 Å². The van der Waals surface area contributed by atoms with Gasteiger partial charge in [-0.1, -0.05) is 20.8 Å². The van der Waals surface area contributed by atoms with Crippen LogP contribution in [0.4, 0.5) is 0 Å². The highest BCUT2D eigenvalue weighted by Crippen LogP contribution is 2.39. The predicted octanol–water partition coefficient (Wildman–Crippen LogP) is 3.33. The van der Waals surface area contributed by atoms with E-state index in [1.807, 2.05) is 11.3 Å². The van der Waals surface area contributed by atoms with Crippen LogP contribution in [-0.2, 0) is 5.54 Å². The van der Waals surface area contributed by atoms with Gasteiger partial charge in [-0.25, -0.2) is 4.98 Å². The Labute approximate surface area is 126 Å². The van der Waals surface area contributed by atoms with E-state index in [9.17, 15) is 0 Å². The van der Waals surface area contributed by atoms with Gasteiger partial charge < -0.3 is 5.32 Å². The normalized spacial score (nSPS) is 27.6. The van der Waals surface area contributed by atoms with Crippen LogP contribution in [0.3, 0.4) is 0 Å². The Morgan fingerprint density at radius 2 is 2.30 bits per heavy atom. The van der Waals surface area contributed by atoms with Gasteiger partial charge >= 0.3 is 0 Å². The summed E-state index contributed by atoms with van der Waals surface area (Å²) in [6, 6.07) is 0.866. The van der Waals surface area contributed by atoms with E-state index >= 15 is 0 Å². The van der Waals surface area contributed by atoms with Crippen molar-refractivity contribution in [2.75, 3.05) is 19.6 Å². The molecule has 0 aromatic carbocycles. The number of rotatable bonds is 6. The van der Waals surface area contributed by atoms with Crippen molar-refractivity contribution in [3.8, 4) is 0 Å². The number of hydrogen-bond donors (Lipinski definition) is 1. The number of likely N-dealkylation sites (tertiary alicyclic amines) is 1. The van der Waals surface area contributed by atoms with Gasteiger partial charge in [0.05, 0.1) is 11.2 Å². The van der Waals surface area contributed by atoms with Crippen molar-refractivity contribution in [2.24, 2.45) is 0 Å². The molecule has 1 aromatic rings. The molecule has 1 N–H and O–H groups in total. The first-order chi connectivity index (χ1) is 9.64. The standard InChI is InChI=1S/C16H27N3S/c1-4-8-17-16(7-9-19(11-16)13-5-6-13)15-18-14(10-20-15)12(2)3/h10,12-13,17H,4-9,11H2,1-3H3. The van der Waals surface area contributed by atoms with Crippen molar-refractivity contribution >= 4 is 11.3 Å². The number of hydrogen-bond acceptors (Lipinski definition) is 4. The second-order valence-electron chi connectivity index (χ2n) is 6.69. The summed E-state index contributed by atoms with van der Waals surface area (Å²) in [5, 5.41) is 7.41. The Hall–Kier alpha value is -0.450. The lowest BCUT2D eigenvalue weighted by molar-refractivity contribution is 0.274. The molecule has 4 heteroatoms. The highest BCUT2D eigenvalue weighted by molar-refractivity contribution is 7.09. The third-order valence-electron chi connectivity index (χ3n) is 4.60. The zero-order chi connectivity index (χ0) is 14.2. The quantitative estimate of drug-likeness (QED) is 0.872. The first-order valence-electron chi connectivity index (χ1n) is 8.09. The van der Waals surface area contributed by atoms with E-state index in [0.29, 0.717) is 5.92 Å². The Balaban J connectivity index is 1.81. The summed E-state index contributed by atoms with van der Waals surface area (Å²) >= 11 is 1.86. The van der Waals surface area contributed by atoms with E-state index in [4.69, 9.17) is 4.98 Å². The van der Waals surface area contributed by atoms with Gasteiger partial charge in [0.2, 0.25) is 0 Å². The van der Waals surface area contributed by atoms with Crippen LogP contribution in [0.2, 0.25) is 0 Å². The largest absolute Gasteiger partial charge is 0.304 e. The minimum atomic E-state index is 0.121. The maximum Gasteiger partial charge on any atom is 0.114 e. The van der Waals surface area contributed by atoms with Crippen molar-refractivity contribution in [3.05, 3.63) is 16.1 Å². The third-order valence-corrected chi connectivity index (χ3v) is 5.66. The molecule has 1 atom stereocenters. The zero-order valence-corrected chi connectivity index (χ0v) is 13.8. The van der Waals surface area contributed by atoms with Gasteiger partial charge in [0.15, 0.2) is 0 Å². The molecule has 0 spiro atoms. The summed E-state index contributed by atoms with van der Waals surface area (Å²) in [5.41, 5.74) is 1.38. The predicted molar refractivity (Wildman–Crippen MR) is 85.4 cm³/mol. The molecule has 3 rings (SSSR count). The fourth-order valence-corrected chi connectivity index (χ4v) is 4.30. The smallest absolute Gasteiger partial charge is 0.114 e. The molecule has 1 aromatic heterocycles. The van der Waals surface area contributed by atoms with Gasteiger partial charge in [-0.15, -0.1) is 11.3 Å². The van der Waals surface area contributed by atoms with E-state index in [2.05, 4.69) is 36.4 Å². The summed E-state index contributed by atoms with van der Waals surface area (Å²) in [5.74, 6) is 0.532. The molecule has 0 radical (unpaired) electrons. The summed E-state index contributed by atoms with van der Waals surface area (Å²) in [6.07, 6.45) is 5.21. The average molecular weight is 293 g/mol. The molecule has 3 nitrogen and oxygen atoms in total. The van der Waals surface area contributed by atoms with Gasteiger partial charge in [0, 0.05) is 24.5 Å². The van der Waals surface area contributed by atoms with E-state index in [0.717, 1.165) is 19.1 Å². The van der Waals surface area contributed by atoms with Crippen LogP contribution in [0.5, 0.6) is 0 Å². The summed E-state index contributed by atoms with van der Waals surface area (Å²) < 4.78 is 0. The van der Waals surface area contributed by atoms with Crippen molar-refractivity contribution in [1.82, 2.24) is 15.2 Å². The lowest BCUT2D eigenvalue weighted by Gasteiger charge is -2.29. The molecular weight excluding hydrogens is 266 g/mol. The van der Waals surface area contributed by atoms with Crippen molar-refractivity contribution in [1.29, 1.82) is 0 Å². The van der Waals surface area contributed by atoms with Crippen LogP contribution < -0.4 is 5.32 Å². The van der Waals surface area contributed by atoms with Crippen molar-refractivity contribution in [3.63, 3.8) is 0 Å². The molecule has 2 heterocycles. The minimum Gasteiger partial charge on any atom is -0.304 e. The van der Waals surface area contributed by atoms with Crippen LogP contribution in [0.15, 0.2) is 5.38 Å². The summed E-state index contributed by atoms with van der Waals surface area (Å²) in [7, 11) is 0. The molecule has 2 fully saturated rings. The number of nitrogens with one attached hydrogen (secondary N) is 1. The second-order valence-corrected chi connectivity index (χ2v) is 7.55. The molecule has 0 amide bonds.